The van der Waals surface area contributed by atoms with Gasteiger partial charge < -0.3 is 15.8 Å². The molecule has 88 valence electrons. The van der Waals surface area contributed by atoms with Crippen molar-refractivity contribution in [3.63, 3.8) is 0 Å². The van der Waals surface area contributed by atoms with Crippen LogP contribution < -0.4 is 11.1 Å². The molecule has 0 unspecified atom stereocenters. The van der Waals surface area contributed by atoms with Gasteiger partial charge in [0.25, 0.3) is 0 Å². The number of aromatic nitrogens is 1. The highest BCUT2D eigenvalue weighted by molar-refractivity contribution is 7.80. The number of nitrogens with two attached hydrogens (primary N) is 1. The Kier molecular flexibility index (Phi) is 5.74. The van der Waals surface area contributed by atoms with Crippen LogP contribution in [0.2, 0.25) is 0 Å². The van der Waals surface area contributed by atoms with Gasteiger partial charge in [0.05, 0.1) is 5.69 Å². The van der Waals surface area contributed by atoms with Crippen LogP contribution in [-0.4, -0.2) is 30.2 Å². The lowest BCUT2D eigenvalue weighted by atomic mass is 10.3. The molecule has 0 aliphatic heterocycles. The zero-order valence-corrected chi connectivity index (χ0v) is 10.2. The van der Waals surface area contributed by atoms with Crippen LogP contribution in [0.4, 0.5) is 5.69 Å². The summed E-state index contributed by atoms with van der Waals surface area (Å²) < 4.78 is 4.97. The van der Waals surface area contributed by atoms with Crippen molar-refractivity contribution in [1.82, 2.24) is 4.98 Å². The van der Waals surface area contributed by atoms with Crippen LogP contribution >= 0.6 is 12.2 Å². The number of thiocarbonyl (C=S) groups is 1. The first-order chi connectivity index (χ1) is 7.74. The van der Waals surface area contributed by atoms with Crippen LogP contribution in [0.15, 0.2) is 18.3 Å². The molecule has 1 rings (SSSR count). The number of nitrogens with zero attached hydrogens (tertiary/aromatic N) is 1. The first kappa shape index (κ1) is 12.9. The second-order valence-corrected chi connectivity index (χ2v) is 3.86. The van der Waals surface area contributed by atoms with Gasteiger partial charge in [-0.15, -0.1) is 0 Å². The third kappa shape index (κ3) is 4.55. The van der Waals surface area contributed by atoms with E-state index in [1.807, 2.05) is 12.1 Å². The summed E-state index contributed by atoms with van der Waals surface area (Å²) in [4.78, 5) is 4.39. The molecular weight excluding hydrogens is 222 g/mol. The van der Waals surface area contributed by atoms with Gasteiger partial charge in [-0.05, 0) is 25.0 Å². The van der Waals surface area contributed by atoms with Gasteiger partial charge in [-0.25, -0.2) is 0 Å². The van der Waals surface area contributed by atoms with E-state index in [0.717, 1.165) is 31.7 Å². The number of rotatable bonds is 7. The van der Waals surface area contributed by atoms with E-state index >= 15 is 0 Å². The van der Waals surface area contributed by atoms with E-state index in [1.54, 1.807) is 13.3 Å². The molecule has 0 spiro atoms. The van der Waals surface area contributed by atoms with Crippen LogP contribution in [-0.2, 0) is 4.74 Å². The van der Waals surface area contributed by atoms with Crippen molar-refractivity contribution < 1.29 is 4.74 Å². The standard InChI is InChI=1S/C11H17N3OS/c1-15-7-3-2-5-13-9-4-6-14-10(8-9)11(12)16/h4,6,8H,2-3,5,7H2,1H3,(H2,12,16)(H,13,14). The molecule has 0 radical (unpaired) electrons. The quantitative estimate of drug-likeness (QED) is 0.558. The third-order valence-electron chi connectivity index (χ3n) is 2.12. The Morgan fingerprint density at radius 1 is 1.56 bits per heavy atom. The molecule has 0 aromatic carbocycles. The van der Waals surface area contributed by atoms with E-state index in [9.17, 15) is 0 Å². The number of hydrogen-bond donors (Lipinski definition) is 2. The molecule has 0 aliphatic rings. The maximum absolute atomic E-state index is 5.50. The molecule has 16 heavy (non-hydrogen) atoms. The Morgan fingerprint density at radius 3 is 3.06 bits per heavy atom. The number of anilines is 1. The molecule has 1 aromatic heterocycles. The van der Waals surface area contributed by atoms with Crippen molar-refractivity contribution in [2.45, 2.75) is 12.8 Å². The fraction of sp³-hybridized carbons (Fsp3) is 0.455. The van der Waals surface area contributed by atoms with Crippen LogP contribution in [0.1, 0.15) is 18.5 Å². The van der Waals surface area contributed by atoms with E-state index in [-0.39, 0.29) is 0 Å². The normalized spacial score (nSPS) is 10.1. The highest BCUT2D eigenvalue weighted by Gasteiger charge is 1.99. The first-order valence-electron chi connectivity index (χ1n) is 5.22. The van der Waals surface area contributed by atoms with Crippen molar-refractivity contribution >= 4 is 22.9 Å². The van der Waals surface area contributed by atoms with E-state index in [2.05, 4.69) is 10.3 Å². The number of ether oxygens (including phenoxy) is 1. The summed E-state index contributed by atoms with van der Waals surface area (Å²) in [5.41, 5.74) is 7.15. The molecule has 0 bridgehead atoms. The molecule has 5 heteroatoms. The van der Waals surface area contributed by atoms with Gasteiger partial charge in [0.15, 0.2) is 0 Å². The van der Waals surface area contributed by atoms with Gasteiger partial charge in [0.1, 0.15) is 4.99 Å². The minimum Gasteiger partial charge on any atom is -0.388 e. The van der Waals surface area contributed by atoms with Crippen molar-refractivity contribution in [2.75, 3.05) is 25.6 Å². The Hall–Kier alpha value is -1.20. The number of hydrogen-bond acceptors (Lipinski definition) is 4. The summed E-state index contributed by atoms with van der Waals surface area (Å²) in [6.07, 6.45) is 3.82. The number of nitrogens with one attached hydrogen (secondary N) is 1. The van der Waals surface area contributed by atoms with Crippen LogP contribution in [0.5, 0.6) is 0 Å². The lowest BCUT2D eigenvalue weighted by Crippen LogP contribution is -2.12. The third-order valence-corrected chi connectivity index (χ3v) is 2.33. The van der Waals surface area contributed by atoms with E-state index < -0.39 is 0 Å². The molecule has 3 N–H and O–H groups in total. The van der Waals surface area contributed by atoms with E-state index in [4.69, 9.17) is 22.7 Å². The number of unbranched alkanes of at least 4 members (excludes halogenated alkanes) is 1. The average molecular weight is 239 g/mol. The Bertz CT molecular complexity index is 344. The number of pyridine rings is 1. The highest BCUT2D eigenvalue weighted by atomic mass is 32.1. The molecule has 0 aliphatic carbocycles. The van der Waals surface area contributed by atoms with E-state index in [0.29, 0.717) is 10.7 Å². The molecular formula is C11H17N3OS. The summed E-state index contributed by atoms with van der Waals surface area (Å²) in [6, 6.07) is 3.76. The van der Waals surface area contributed by atoms with Crippen molar-refractivity contribution in [3.05, 3.63) is 24.0 Å². The SMILES string of the molecule is COCCCCNc1ccnc(C(N)=S)c1. The largest absolute Gasteiger partial charge is 0.388 e. The molecule has 4 nitrogen and oxygen atoms in total. The summed E-state index contributed by atoms with van der Waals surface area (Å²) in [5.74, 6) is 0. The van der Waals surface area contributed by atoms with Gasteiger partial charge in [-0.1, -0.05) is 12.2 Å². The number of methoxy groups -OCH3 is 1. The maximum atomic E-state index is 5.50. The molecule has 0 fully saturated rings. The predicted molar refractivity (Wildman–Crippen MR) is 69.7 cm³/mol. The molecule has 0 saturated heterocycles. The van der Waals surface area contributed by atoms with Crippen LogP contribution in [0.25, 0.3) is 0 Å². The van der Waals surface area contributed by atoms with Gasteiger partial charge in [-0.3, -0.25) is 4.98 Å². The molecule has 1 aromatic rings. The Labute approximate surface area is 101 Å². The van der Waals surface area contributed by atoms with Crippen molar-refractivity contribution in [1.29, 1.82) is 0 Å². The average Bonchev–Trinajstić information content (AvgIpc) is 2.29. The topological polar surface area (TPSA) is 60.2 Å². The zero-order valence-electron chi connectivity index (χ0n) is 9.40. The molecule has 0 amide bonds. The van der Waals surface area contributed by atoms with E-state index in [1.165, 1.54) is 0 Å². The lowest BCUT2D eigenvalue weighted by Gasteiger charge is -2.07. The van der Waals surface area contributed by atoms with Crippen LogP contribution in [0.3, 0.4) is 0 Å². The summed E-state index contributed by atoms with van der Waals surface area (Å²) in [5, 5.41) is 3.29. The second-order valence-electron chi connectivity index (χ2n) is 3.42. The zero-order chi connectivity index (χ0) is 11.8. The second kappa shape index (κ2) is 7.14. The van der Waals surface area contributed by atoms with Crippen molar-refractivity contribution in [2.24, 2.45) is 5.73 Å². The van der Waals surface area contributed by atoms with Gasteiger partial charge in [0, 0.05) is 32.1 Å². The molecule has 0 saturated carbocycles. The Balaban J connectivity index is 2.36. The summed E-state index contributed by atoms with van der Waals surface area (Å²) in [6.45, 7) is 1.71. The first-order valence-corrected chi connectivity index (χ1v) is 5.63. The van der Waals surface area contributed by atoms with Gasteiger partial charge >= 0.3 is 0 Å². The summed E-state index contributed by atoms with van der Waals surface area (Å²) >= 11 is 4.86. The van der Waals surface area contributed by atoms with Gasteiger partial charge in [-0.2, -0.15) is 0 Å². The smallest absolute Gasteiger partial charge is 0.122 e. The minimum absolute atomic E-state index is 0.322. The predicted octanol–water partition coefficient (Wildman–Crippen LogP) is 1.55. The molecule has 0 atom stereocenters. The lowest BCUT2D eigenvalue weighted by molar-refractivity contribution is 0.194. The Morgan fingerprint density at radius 2 is 2.38 bits per heavy atom. The monoisotopic (exact) mass is 239 g/mol. The molecule has 1 heterocycles. The van der Waals surface area contributed by atoms with Crippen molar-refractivity contribution in [3.8, 4) is 0 Å². The van der Waals surface area contributed by atoms with Gasteiger partial charge in [0.2, 0.25) is 0 Å². The fourth-order valence-corrected chi connectivity index (χ4v) is 1.39. The fourth-order valence-electron chi connectivity index (χ4n) is 1.28. The van der Waals surface area contributed by atoms with Crippen LogP contribution in [0, 0.1) is 0 Å². The summed E-state index contributed by atoms with van der Waals surface area (Å²) in [7, 11) is 1.71. The highest BCUT2D eigenvalue weighted by Crippen LogP contribution is 2.08. The maximum Gasteiger partial charge on any atom is 0.122 e. The minimum atomic E-state index is 0.322.